The summed E-state index contributed by atoms with van der Waals surface area (Å²) < 4.78 is 9.18. The molecule has 0 aromatic heterocycles. The maximum Gasteiger partial charge on any atom is 0.303 e. The highest BCUT2D eigenvalue weighted by atomic mass is 16.6. The molecule has 1 radical (unpaired) electrons. The Bertz CT molecular complexity index is 102. The molecule has 0 rings (SSSR count). The van der Waals surface area contributed by atoms with Crippen molar-refractivity contribution in [2.24, 2.45) is 0 Å². The van der Waals surface area contributed by atoms with Crippen LogP contribution in [-0.4, -0.2) is 32.4 Å². The average Bonchev–Trinajstić information content (AvgIpc) is 1.86. The van der Waals surface area contributed by atoms with Crippen LogP contribution in [0.15, 0.2) is 0 Å². The fourth-order valence-corrected chi connectivity index (χ4v) is 0.537. The van der Waals surface area contributed by atoms with E-state index in [0.29, 0.717) is 0 Å². The first-order chi connectivity index (χ1) is 4.70. The van der Waals surface area contributed by atoms with E-state index < -0.39 is 18.7 Å². The molecule has 0 aromatic carbocycles. The van der Waals surface area contributed by atoms with Crippen molar-refractivity contribution in [2.45, 2.75) is 13.0 Å². The van der Waals surface area contributed by atoms with E-state index in [2.05, 4.69) is 9.47 Å². The molecule has 0 saturated carbocycles. The van der Waals surface area contributed by atoms with Crippen LogP contribution in [0.5, 0.6) is 0 Å². The summed E-state index contributed by atoms with van der Waals surface area (Å²) in [6, 6.07) is 0. The van der Waals surface area contributed by atoms with Gasteiger partial charge in [-0.3, -0.25) is 4.79 Å². The minimum absolute atomic E-state index is 0.170. The number of methoxy groups -OCH3 is 1. The lowest BCUT2D eigenvalue weighted by atomic mass is 10.4. The van der Waals surface area contributed by atoms with Crippen LogP contribution < -0.4 is 0 Å². The Morgan fingerprint density at radius 1 is 1.60 bits per heavy atom. The minimum Gasteiger partial charge on any atom is -0.457 e. The maximum atomic E-state index is 10.3. The van der Waals surface area contributed by atoms with Crippen LogP contribution in [0.4, 0.5) is 0 Å². The highest BCUT2D eigenvalue weighted by molar-refractivity contribution is 5.66. The molecule has 10 heavy (non-hydrogen) atoms. The van der Waals surface area contributed by atoms with Crippen molar-refractivity contribution in [1.29, 1.82) is 0 Å². The van der Waals surface area contributed by atoms with Crippen molar-refractivity contribution < 1.29 is 19.4 Å². The molecule has 0 fully saturated rings. The first-order valence-corrected chi connectivity index (χ1v) is 2.95. The van der Waals surface area contributed by atoms with Crippen LogP contribution in [0.25, 0.3) is 0 Å². The van der Waals surface area contributed by atoms with Crippen molar-refractivity contribution in [2.75, 3.05) is 20.3 Å². The second-order valence-electron chi connectivity index (χ2n) is 1.85. The molecule has 0 aliphatic rings. The molecule has 0 amide bonds. The van der Waals surface area contributed by atoms with Gasteiger partial charge in [0.15, 0.2) is 6.10 Å². The lowest BCUT2D eigenvalue weighted by Crippen LogP contribution is -2.24. The van der Waals surface area contributed by atoms with E-state index in [-0.39, 0.29) is 6.61 Å². The van der Waals surface area contributed by atoms with Crippen LogP contribution in [-0.2, 0) is 19.4 Å². The highest BCUT2D eigenvalue weighted by Crippen LogP contribution is 1.91. The van der Waals surface area contributed by atoms with E-state index in [1.807, 2.05) is 0 Å². The van der Waals surface area contributed by atoms with Crippen molar-refractivity contribution in [3.05, 3.63) is 0 Å². The van der Waals surface area contributed by atoms with Crippen molar-refractivity contribution in [3.63, 3.8) is 0 Å². The summed E-state index contributed by atoms with van der Waals surface area (Å²) in [7, 11) is 1.45. The van der Waals surface area contributed by atoms with E-state index in [1.54, 1.807) is 0 Å². The zero-order valence-corrected chi connectivity index (χ0v) is 6.12. The third-order valence-electron chi connectivity index (χ3n) is 0.871. The minimum atomic E-state index is -0.637. The second-order valence-corrected chi connectivity index (χ2v) is 1.85. The van der Waals surface area contributed by atoms with Crippen LogP contribution in [0.3, 0.4) is 0 Å². The first-order valence-electron chi connectivity index (χ1n) is 2.95. The zero-order valence-electron chi connectivity index (χ0n) is 6.12. The van der Waals surface area contributed by atoms with Crippen molar-refractivity contribution >= 4 is 5.97 Å². The van der Waals surface area contributed by atoms with Gasteiger partial charge < -0.3 is 9.47 Å². The fourth-order valence-electron chi connectivity index (χ4n) is 0.537. The van der Waals surface area contributed by atoms with Gasteiger partial charge in [-0.2, -0.15) is 0 Å². The molecule has 1 atom stereocenters. The Hall–Kier alpha value is -0.610. The molecule has 0 saturated heterocycles. The number of carbonyl (C=O) groups is 1. The molecule has 0 N–H and O–H groups in total. The lowest BCUT2D eigenvalue weighted by Gasteiger charge is -2.11. The molecule has 4 nitrogen and oxygen atoms in total. The van der Waals surface area contributed by atoms with E-state index in [0.717, 1.165) is 0 Å². The summed E-state index contributed by atoms with van der Waals surface area (Å²) in [4.78, 5) is 10.3. The van der Waals surface area contributed by atoms with Gasteiger partial charge >= 0.3 is 5.97 Å². The van der Waals surface area contributed by atoms with Gasteiger partial charge in [0.1, 0.15) is 6.61 Å². The Morgan fingerprint density at radius 3 is 2.50 bits per heavy atom. The first kappa shape index (κ1) is 9.39. The van der Waals surface area contributed by atoms with Crippen LogP contribution >= 0.6 is 0 Å². The summed E-state index contributed by atoms with van der Waals surface area (Å²) in [5.74, 6) is -0.446. The SMILES string of the molecule is COCC(C[O])OC(C)=O. The molecule has 0 heterocycles. The zero-order chi connectivity index (χ0) is 7.98. The Morgan fingerprint density at radius 2 is 2.20 bits per heavy atom. The topological polar surface area (TPSA) is 55.4 Å². The Labute approximate surface area is 59.7 Å². The predicted molar refractivity (Wildman–Crippen MR) is 33.0 cm³/mol. The van der Waals surface area contributed by atoms with Gasteiger partial charge in [0, 0.05) is 14.0 Å². The van der Waals surface area contributed by atoms with Gasteiger partial charge in [0.25, 0.3) is 0 Å². The van der Waals surface area contributed by atoms with Gasteiger partial charge in [-0.1, -0.05) is 0 Å². The molecule has 0 spiro atoms. The van der Waals surface area contributed by atoms with Crippen LogP contribution in [0.1, 0.15) is 6.92 Å². The number of hydrogen-bond donors (Lipinski definition) is 0. The largest absolute Gasteiger partial charge is 0.457 e. The molecule has 0 aliphatic carbocycles. The molecule has 4 heteroatoms. The summed E-state index contributed by atoms with van der Waals surface area (Å²) in [5, 5.41) is 10.2. The maximum absolute atomic E-state index is 10.3. The van der Waals surface area contributed by atoms with Crippen molar-refractivity contribution in [3.8, 4) is 0 Å². The lowest BCUT2D eigenvalue weighted by molar-refractivity contribution is -0.152. The molecule has 0 aliphatic heterocycles. The number of esters is 1. The molecule has 59 valence electrons. The van der Waals surface area contributed by atoms with Gasteiger partial charge in [-0.25, -0.2) is 5.11 Å². The Balaban J connectivity index is 3.49. The summed E-state index contributed by atoms with van der Waals surface area (Å²) in [5.41, 5.74) is 0. The van der Waals surface area contributed by atoms with E-state index in [9.17, 15) is 9.90 Å². The molecule has 0 aromatic rings. The smallest absolute Gasteiger partial charge is 0.303 e. The second kappa shape index (κ2) is 5.20. The highest BCUT2D eigenvalue weighted by Gasteiger charge is 2.09. The third-order valence-corrected chi connectivity index (χ3v) is 0.871. The number of ether oxygens (including phenoxy) is 2. The molecular weight excluding hydrogens is 136 g/mol. The molecule has 0 bridgehead atoms. The number of carbonyl (C=O) groups excluding carboxylic acids is 1. The van der Waals surface area contributed by atoms with Gasteiger partial charge in [-0.05, 0) is 0 Å². The normalized spacial score (nSPS) is 12.7. The van der Waals surface area contributed by atoms with Gasteiger partial charge in [0.05, 0.1) is 6.61 Å². The van der Waals surface area contributed by atoms with Crippen LogP contribution in [0, 0.1) is 0 Å². The molecule has 1 unspecified atom stereocenters. The predicted octanol–water partition coefficient (Wildman–Crippen LogP) is -0.00500. The third kappa shape index (κ3) is 4.29. The summed E-state index contributed by atoms with van der Waals surface area (Å²) in [6.07, 6.45) is -0.637. The van der Waals surface area contributed by atoms with Crippen molar-refractivity contribution in [1.82, 2.24) is 0 Å². The number of rotatable bonds is 4. The average molecular weight is 147 g/mol. The van der Waals surface area contributed by atoms with Gasteiger partial charge in [-0.15, -0.1) is 0 Å². The van der Waals surface area contributed by atoms with Crippen LogP contribution in [0.2, 0.25) is 0 Å². The van der Waals surface area contributed by atoms with E-state index >= 15 is 0 Å². The van der Waals surface area contributed by atoms with Gasteiger partial charge in [0.2, 0.25) is 0 Å². The molecular formula is C6H11O4. The van der Waals surface area contributed by atoms with E-state index in [1.165, 1.54) is 14.0 Å². The Kier molecular flexibility index (Phi) is 4.88. The van der Waals surface area contributed by atoms with E-state index in [4.69, 9.17) is 0 Å². The summed E-state index contributed by atoms with van der Waals surface area (Å²) >= 11 is 0. The number of hydrogen-bond acceptors (Lipinski definition) is 3. The standard InChI is InChI=1S/C6H11O4/c1-5(8)10-6(3-7)4-9-2/h6H,3-4H2,1-2H3. The fraction of sp³-hybridized carbons (Fsp3) is 0.833. The summed E-state index contributed by atoms with van der Waals surface area (Å²) in [6.45, 7) is 0.981. The quantitative estimate of drug-likeness (QED) is 0.526. The monoisotopic (exact) mass is 147 g/mol.